The number of rotatable bonds is 2. The van der Waals surface area contributed by atoms with Gasteiger partial charge in [0.15, 0.2) is 0 Å². The Morgan fingerprint density at radius 1 is 1.47 bits per heavy atom. The highest BCUT2D eigenvalue weighted by Gasteiger charge is 2.28. The minimum absolute atomic E-state index is 0.0657. The molecule has 102 valence electrons. The Bertz CT molecular complexity index is 519. The van der Waals surface area contributed by atoms with Crippen LogP contribution in [0.1, 0.15) is 23.7 Å². The molecule has 1 saturated heterocycles. The van der Waals surface area contributed by atoms with Gasteiger partial charge >= 0.3 is 0 Å². The van der Waals surface area contributed by atoms with Gasteiger partial charge in [-0.2, -0.15) is 0 Å². The van der Waals surface area contributed by atoms with Crippen LogP contribution in [0.25, 0.3) is 0 Å². The van der Waals surface area contributed by atoms with Crippen LogP contribution in [0.3, 0.4) is 0 Å². The van der Waals surface area contributed by atoms with E-state index < -0.39 is 5.82 Å². The van der Waals surface area contributed by atoms with Gasteiger partial charge in [-0.1, -0.05) is 0 Å². The maximum atomic E-state index is 12.9. The number of hydrogen-bond acceptors (Lipinski definition) is 3. The van der Waals surface area contributed by atoms with Gasteiger partial charge in [0, 0.05) is 32.1 Å². The first-order chi connectivity index (χ1) is 8.97. The fourth-order valence-electron chi connectivity index (χ4n) is 2.21. The fraction of sp³-hybridized carbons (Fsp3) is 0.385. The van der Waals surface area contributed by atoms with Gasteiger partial charge in [0.1, 0.15) is 11.6 Å². The third-order valence-electron chi connectivity index (χ3n) is 3.07. The molecule has 0 saturated carbocycles. The summed E-state index contributed by atoms with van der Waals surface area (Å²) in [5, 5.41) is 12.3. The van der Waals surface area contributed by atoms with E-state index in [0.29, 0.717) is 19.5 Å². The van der Waals surface area contributed by atoms with Gasteiger partial charge in [-0.05, 0) is 18.6 Å². The Labute approximate surface area is 110 Å². The molecule has 1 aliphatic rings. The highest BCUT2D eigenvalue weighted by molar-refractivity contribution is 5.97. The molecule has 2 amide bonds. The van der Waals surface area contributed by atoms with E-state index in [1.807, 2.05) is 0 Å². The maximum absolute atomic E-state index is 12.9. The quantitative estimate of drug-likeness (QED) is 0.835. The van der Waals surface area contributed by atoms with Gasteiger partial charge in [0.25, 0.3) is 5.91 Å². The summed E-state index contributed by atoms with van der Waals surface area (Å²) in [6.07, 6.45) is 0.674. The van der Waals surface area contributed by atoms with Crippen molar-refractivity contribution in [1.29, 1.82) is 0 Å². The first-order valence-corrected chi connectivity index (χ1v) is 6.02. The van der Waals surface area contributed by atoms with Crippen LogP contribution in [0.2, 0.25) is 0 Å². The van der Waals surface area contributed by atoms with Gasteiger partial charge in [0.05, 0.1) is 5.56 Å². The van der Waals surface area contributed by atoms with Gasteiger partial charge in [-0.3, -0.25) is 9.59 Å². The molecule has 1 heterocycles. The van der Waals surface area contributed by atoms with Gasteiger partial charge in [-0.15, -0.1) is 0 Å². The number of amides is 2. The second-order valence-electron chi connectivity index (χ2n) is 4.60. The summed E-state index contributed by atoms with van der Waals surface area (Å²) >= 11 is 0. The number of likely N-dealkylation sites (tertiary alicyclic amines) is 1. The summed E-state index contributed by atoms with van der Waals surface area (Å²) in [5.74, 6) is -1.45. The summed E-state index contributed by atoms with van der Waals surface area (Å²) in [5.41, 5.74) is 0.0740. The number of halogens is 1. The first kappa shape index (κ1) is 13.3. The van der Waals surface area contributed by atoms with Crippen molar-refractivity contribution in [2.75, 3.05) is 13.1 Å². The van der Waals surface area contributed by atoms with Crippen LogP contribution < -0.4 is 5.32 Å². The molecule has 1 aromatic carbocycles. The van der Waals surface area contributed by atoms with E-state index in [9.17, 15) is 19.1 Å². The number of hydrogen-bond donors (Lipinski definition) is 2. The SMILES string of the molecule is CC(=O)NC1CCN(C(=O)c2ccc(F)cc2O)C1. The molecular weight excluding hydrogens is 251 g/mol. The van der Waals surface area contributed by atoms with Crippen LogP contribution in [0.4, 0.5) is 4.39 Å². The third kappa shape index (κ3) is 3.01. The normalized spacial score (nSPS) is 18.4. The monoisotopic (exact) mass is 266 g/mol. The molecule has 0 radical (unpaired) electrons. The molecule has 0 bridgehead atoms. The first-order valence-electron chi connectivity index (χ1n) is 6.02. The second kappa shape index (κ2) is 5.26. The predicted molar refractivity (Wildman–Crippen MR) is 66.2 cm³/mol. The molecule has 1 aliphatic heterocycles. The number of carbonyl (C=O) groups is 2. The lowest BCUT2D eigenvalue weighted by Gasteiger charge is -2.17. The van der Waals surface area contributed by atoms with E-state index in [2.05, 4.69) is 5.32 Å². The van der Waals surface area contributed by atoms with Crippen molar-refractivity contribution in [2.24, 2.45) is 0 Å². The van der Waals surface area contributed by atoms with Crippen molar-refractivity contribution in [3.8, 4) is 5.75 Å². The molecular formula is C13H15FN2O3. The van der Waals surface area contributed by atoms with Crippen LogP contribution in [0, 0.1) is 5.82 Å². The van der Waals surface area contributed by atoms with Crippen molar-refractivity contribution in [3.63, 3.8) is 0 Å². The van der Waals surface area contributed by atoms with Crippen LogP contribution in [0.15, 0.2) is 18.2 Å². The molecule has 19 heavy (non-hydrogen) atoms. The number of benzene rings is 1. The van der Waals surface area contributed by atoms with E-state index in [0.717, 1.165) is 12.1 Å². The van der Waals surface area contributed by atoms with Crippen molar-refractivity contribution in [2.45, 2.75) is 19.4 Å². The molecule has 1 aromatic rings. The number of carbonyl (C=O) groups excluding carboxylic acids is 2. The molecule has 0 aliphatic carbocycles. The zero-order valence-electron chi connectivity index (χ0n) is 10.5. The number of nitrogens with zero attached hydrogens (tertiary/aromatic N) is 1. The lowest BCUT2D eigenvalue weighted by atomic mass is 10.1. The molecule has 2 N–H and O–H groups in total. The Balaban J connectivity index is 2.07. The summed E-state index contributed by atoms with van der Waals surface area (Å²) in [6.45, 7) is 2.33. The lowest BCUT2D eigenvalue weighted by molar-refractivity contribution is -0.119. The Morgan fingerprint density at radius 3 is 2.84 bits per heavy atom. The zero-order valence-corrected chi connectivity index (χ0v) is 10.5. The summed E-state index contributed by atoms with van der Waals surface area (Å²) < 4.78 is 12.9. The number of phenolic OH excluding ortho intramolecular Hbond substituents is 1. The number of phenols is 1. The van der Waals surface area contributed by atoms with Crippen molar-refractivity contribution >= 4 is 11.8 Å². The van der Waals surface area contributed by atoms with E-state index in [-0.39, 0.29) is 29.2 Å². The van der Waals surface area contributed by atoms with E-state index >= 15 is 0 Å². The maximum Gasteiger partial charge on any atom is 0.257 e. The van der Waals surface area contributed by atoms with Crippen LogP contribution in [-0.2, 0) is 4.79 Å². The van der Waals surface area contributed by atoms with Gasteiger partial charge in [0.2, 0.25) is 5.91 Å². The average Bonchev–Trinajstić information content (AvgIpc) is 2.75. The van der Waals surface area contributed by atoms with Crippen LogP contribution in [-0.4, -0.2) is 41.0 Å². The Kier molecular flexibility index (Phi) is 3.69. The Morgan fingerprint density at radius 2 is 2.21 bits per heavy atom. The topological polar surface area (TPSA) is 69.6 Å². The number of aromatic hydroxyl groups is 1. The summed E-state index contributed by atoms with van der Waals surface area (Å²) in [7, 11) is 0. The summed E-state index contributed by atoms with van der Waals surface area (Å²) in [6, 6.07) is 3.24. The molecule has 2 rings (SSSR count). The molecule has 0 aromatic heterocycles. The van der Waals surface area contributed by atoms with E-state index in [1.54, 1.807) is 0 Å². The summed E-state index contributed by atoms with van der Waals surface area (Å²) in [4.78, 5) is 24.6. The lowest BCUT2D eigenvalue weighted by Crippen LogP contribution is -2.37. The molecule has 1 fully saturated rings. The van der Waals surface area contributed by atoms with Crippen molar-refractivity contribution in [3.05, 3.63) is 29.6 Å². The predicted octanol–water partition coefficient (Wildman–Crippen LogP) is 0.882. The van der Waals surface area contributed by atoms with Gasteiger partial charge in [-0.25, -0.2) is 4.39 Å². The highest BCUT2D eigenvalue weighted by Crippen LogP contribution is 2.22. The smallest absolute Gasteiger partial charge is 0.257 e. The van der Waals surface area contributed by atoms with E-state index in [1.165, 1.54) is 17.9 Å². The Hall–Kier alpha value is -2.11. The molecule has 0 spiro atoms. The largest absolute Gasteiger partial charge is 0.507 e. The standard InChI is InChI=1S/C13H15FN2O3/c1-8(17)15-10-4-5-16(7-10)13(19)11-3-2-9(14)6-12(11)18/h2-3,6,10,18H,4-5,7H2,1H3,(H,15,17). The molecule has 6 heteroatoms. The second-order valence-corrected chi connectivity index (χ2v) is 4.60. The number of nitrogens with one attached hydrogen (secondary N) is 1. The zero-order chi connectivity index (χ0) is 14.0. The average molecular weight is 266 g/mol. The van der Waals surface area contributed by atoms with Crippen molar-refractivity contribution in [1.82, 2.24) is 10.2 Å². The van der Waals surface area contributed by atoms with Gasteiger partial charge < -0.3 is 15.3 Å². The minimum Gasteiger partial charge on any atom is -0.507 e. The molecule has 1 unspecified atom stereocenters. The fourth-order valence-corrected chi connectivity index (χ4v) is 2.21. The third-order valence-corrected chi connectivity index (χ3v) is 3.07. The van der Waals surface area contributed by atoms with Crippen molar-refractivity contribution < 1.29 is 19.1 Å². The van der Waals surface area contributed by atoms with Crippen LogP contribution >= 0.6 is 0 Å². The molecule has 5 nitrogen and oxygen atoms in total. The molecule has 1 atom stereocenters. The van der Waals surface area contributed by atoms with Crippen LogP contribution in [0.5, 0.6) is 5.75 Å². The van der Waals surface area contributed by atoms with E-state index in [4.69, 9.17) is 0 Å². The minimum atomic E-state index is -0.591. The highest BCUT2D eigenvalue weighted by atomic mass is 19.1.